The Hall–Kier alpha value is -3.59. The summed E-state index contributed by atoms with van der Waals surface area (Å²) in [5.74, 6) is 0.677. The summed E-state index contributed by atoms with van der Waals surface area (Å²) >= 11 is 0. The standard InChI is InChI=1S/C21H20N6O3/c1-13-9-16(15-5-3-4-6-17(15)23-13)21(28)27-7-8-29-12-18(27)19-24-20(30-25-19)14-10-22-26(2)11-14/h3-6,9-11,18H,7-8,12H2,1-2H3/t18-/m1/s1. The van der Waals surface area contributed by atoms with E-state index in [1.165, 1.54) is 0 Å². The molecule has 0 unspecified atom stereocenters. The Balaban J connectivity index is 1.51. The summed E-state index contributed by atoms with van der Waals surface area (Å²) in [6.07, 6.45) is 3.45. The van der Waals surface area contributed by atoms with Crippen LogP contribution in [0.3, 0.4) is 0 Å². The number of aromatic nitrogens is 5. The average Bonchev–Trinajstić information content (AvgIpc) is 3.42. The predicted molar refractivity (Wildman–Crippen MR) is 108 cm³/mol. The van der Waals surface area contributed by atoms with Crippen LogP contribution in [0.2, 0.25) is 0 Å². The van der Waals surface area contributed by atoms with E-state index in [9.17, 15) is 4.79 Å². The maximum Gasteiger partial charge on any atom is 0.261 e. The van der Waals surface area contributed by atoms with Crippen molar-refractivity contribution in [3.8, 4) is 11.5 Å². The molecule has 9 heteroatoms. The number of carbonyl (C=O) groups excluding carboxylic acids is 1. The van der Waals surface area contributed by atoms with E-state index in [0.717, 1.165) is 22.2 Å². The van der Waals surface area contributed by atoms with Crippen molar-refractivity contribution in [2.45, 2.75) is 13.0 Å². The lowest BCUT2D eigenvalue weighted by atomic mass is 10.0. The second-order valence-corrected chi connectivity index (χ2v) is 7.28. The van der Waals surface area contributed by atoms with E-state index < -0.39 is 6.04 Å². The number of hydrogen-bond acceptors (Lipinski definition) is 7. The molecule has 1 fully saturated rings. The van der Waals surface area contributed by atoms with Crippen molar-refractivity contribution in [3.05, 3.63) is 59.8 Å². The smallest absolute Gasteiger partial charge is 0.261 e. The van der Waals surface area contributed by atoms with Gasteiger partial charge in [0.1, 0.15) is 6.04 Å². The van der Waals surface area contributed by atoms with Gasteiger partial charge in [-0.1, -0.05) is 23.4 Å². The fourth-order valence-electron chi connectivity index (χ4n) is 3.72. The van der Waals surface area contributed by atoms with Gasteiger partial charge in [-0.05, 0) is 19.1 Å². The second-order valence-electron chi connectivity index (χ2n) is 7.28. The van der Waals surface area contributed by atoms with Crippen molar-refractivity contribution in [1.82, 2.24) is 29.8 Å². The van der Waals surface area contributed by atoms with Gasteiger partial charge in [-0.3, -0.25) is 14.5 Å². The summed E-state index contributed by atoms with van der Waals surface area (Å²) in [7, 11) is 1.82. The number of para-hydroxylation sites is 1. The number of aryl methyl sites for hydroxylation is 2. The van der Waals surface area contributed by atoms with E-state index in [1.807, 2.05) is 44.3 Å². The number of hydrogen-bond donors (Lipinski definition) is 0. The lowest BCUT2D eigenvalue weighted by Gasteiger charge is -2.34. The first kappa shape index (κ1) is 18.4. The number of pyridine rings is 1. The van der Waals surface area contributed by atoms with E-state index in [-0.39, 0.29) is 5.91 Å². The Labute approximate surface area is 172 Å². The Morgan fingerprint density at radius 2 is 2.10 bits per heavy atom. The van der Waals surface area contributed by atoms with Gasteiger partial charge in [-0.25, -0.2) is 0 Å². The minimum absolute atomic E-state index is 0.0993. The summed E-state index contributed by atoms with van der Waals surface area (Å²) in [6.45, 7) is 3.09. The molecule has 4 aromatic rings. The monoisotopic (exact) mass is 404 g/mol. The van der Waals surface area contributed by atoms with Crippen LogP contribution in [0, 0.1) is 6.92 Å². The quantitative estimate of drug-likeness (QED) is 0.517. The molecule has 0 bridgehead atoms. The highest BCUT2D eigenvalue weighted by Gasteiger charge is 2.33. The van der Waals surface area contributed by atoms with Crippen LogP contribution in [0.4, 0.5) is 0 Å². The number of ether oxygens (including phenoxy) is 1. The highest BCUT2D eigenvalue weighted by atomic mass is 16.5. The zero-order valence-corrected chi connectivity index (χ0v) is 16.6. The number of carbonyl (C=O) groups is 1. The van der Waals surface area contributed by atoms with Gasteiger partial charge >= 0.3 is 0 Å². The number of amides is 1. The van der Waals surface area contributed by atoms with E-state index in [1.54, 1.807) is 22.0 Å². The maximum atomic E-state index is 13.6. The fraction of sp³-hybridized carbons (Fsp3) is 0.286. The molecule has 30 heavy (non-hydrogen) atoms. The third-order valence-electron chi connectivity index (χ3n) is 5.16. The van der Waals surface area contributed by atoms with Crippen LogP contribution in [0.25, 0.3) is 22.4 Å². The first-order chi connectivity index (χ1) is 14.6. The molecule has 5 rings (SSSR count). The highest BCUT2D eigenvalue weighted by Crippen LogP contribution is 2.28. The van der Waals surface area contributed by atoms with Gasteiger partial charge < -0.3 is 14.2 Å². The lowest BCUT2D eigenvalue weighted by Crippen LogP contribution is -2.44. The number of morpholine rings is 1. The van der Waals surface area contributed by atoms with Crippen LogP contribution in [0.5, 0.6) is 0 Å². The van der Waals surface area contributed by atoms with Gasteiger partial charge in [0.05, 0.1) is 36.1 Å². The topological polar surface area (TPSA) is 99.2 Å². The summed E-state index contributed by atoms with van der Waals surface area (Å²) in [4.78, 5) is 24.4. The van der Waals surface area contributed by atoms with Gasteiger partial charge in [0.15, 0.2) is 5.82 Å². The molecule has 9 nitrogen and oxygen atoms in total. The molecule has 1 aliphatic heterocycles. The molecular formula is C21H20N6O3. The van der Waals surface area contributed by atoms with Crippen molar-refractivity contribution in [2.75, 3.05) is 19.8 Å². The Bertz CT molecular complexity index is 1230. The maximum absolute atomic E-state index is 13.6. The Morgan fingerprint density at radius 1 is 1.23 bits per heavy atom. The second kappa shape index (κ2) is 7.34. The normalized spacial score (nSPS) is 16.9. The first-order valence-electron chi connectivity index (χ1n) is 9.68. The Morgan fingerprint density at radius 3 is 2.93 bits per heavy atom. The Kier molecular flexibility index (Phi) is 4.51. The van der Waals surface area contributed by atoms with E-state index >= 15 is 0 Å². The van der Waals surface area contributed by atoms with Crippen LogP contribution in [-0.2, 0) is 11.8 Å². The first-order valence-corrected chi connectivity index (χ1v) is 9.68. The van der Waals surface area contributed by atoms with Crippen LogP contribution in [-0.4, -0.2) is 55.5 Å². The van der Waals surface area contributed by atoms with Crippen LogP contribution < -0.4 is 0 Å². The van der Waals surface area contributed by atoms with Gasteiger partial charge in [0, 0.05) is 30.9 Å². The highest BCUT2D eigenvalue weighted by molar-refractivity contribution is 6.06. The number of rotatable bonds is 3. The van der Waals surface area contributed by atoms with Crippen molar-refractivity contribution in [2.24, 2.45) is 7.05 Å². The summed E-state index contributed by atoms with van der Waals surface area (Å²) in [6, 6.07) is 9.04. The molecule has 0 saturated carbocycles. The van der Waals surface area contributed by atoms with Gasteiger partial charge in [-0.2, -0.15) is 10.1 Å². The van der Waals surface area contributed by atoms with Gasteiger partial charge in [0.25, 0.3) is 11.8 Å². The number of nitrogens with zero attached hydrogens (tertiary/aromatic N) is 6. The van der Waals surface area contributed by atoms with E-state index in [0.29, 0.717) is 37.0 Å². The van der Waals surface area contributed by atoms with Gasteiger partial charge in [-0.15, -0.1) is 0 Å². The fourth-order valence-corrected chi connectivity index (χ4v) is 3.72. The largest absolute Gasteiger partial charge is 0.377 e. The molecule has 1 aliphatic rings. The lowest BCUT2D eigenvalue weighted by molar-refractivity contribution is -0.00567. The number of benzene rings is 1. The SMILES string of the molecule is Cc1cc(C(=O)N2CCOC[C@@H]2c2noc(-c3cnn(C)c3)n2)c2ccccc2n1. The molecule has 0 radical (unpaired) electrons. The summed E-state index contributed by atoms with van der Waals surface area (Å²) in [5, 5.41) is 9.07. The molecule has 1 aromatic carbocycles. The molecule has 1 amide bonds. The molecular weight excluding hydrogens is 384 g/mol. The summed E-state index contributed by atoms with van der Waals surface area (Å²) in [5.41, 5.74) is 2.92. The summed E-state index contributed by atoms with van der Waals surface area (Å²) < 4.78 is 12.7. The zero-order valence-electron chi connectivity index (χ0n) is 16.6. The van der Waals surface area contributed by atoms with Crippen LogP contribution in [0.1, 0.15) is 27.9 Å². The van der Waals surface area contributed by atoms with Gasteiger partial charge in [0.2, 0.25) is 0 Å². The predicted octanol–water partition coefficient (Wildman–Crippen LogP) is 2.54. The average molecular weight is 404 g/mol. The molecule has 152 valence electrons. The van der Waals surface area contributed by atoms with Crippen molar-refractivity contribution in [1.29, 1.82) is 0 Å². The van der Waals surface area contributed by atoms with Crippen LogP contribution in [0.15, 0.2) is 47.2 Å². The molecule has 3 aromatic heterocycles. The zero-order chi connectivity index (χ0) is 20.7. The van der Waals surface area contributed by atoms with Crippen molar-refractivity contribution in [3.63, 3.8) is 0 Å². The molecule has 0 N–H and O–H groups in total. The van der Waals surface area contributed by atoms with Crippen molar-refractivity contribution < 1.29 is 14.1 Å². The minimum atomic E-state index is -0.437. The molecule has 1 atom stereocenters. The molecule has 4 heterocycles. The third-order valence-corrected chi connectivity index (χ3v) is 5.16. The van der Waals surface area contributed by atoms with E-state index in [4.69, 9.17) is 9.26 Å². The van der Waals surface area contributed by atoms with Crippen LogP contribution >= 0.6 is 0 Å². The van der Waals surface area contributed by atoms with E-state index in [2.05, 4.69) is 20.2 Å². The molecule has 1 saturated heterocycles. The third kappa shape index (κ3) is 3.22. The molecule has 0 spiro atoms. The molecule has 0 aliphatic carbocycles. The number of fused-ring (bicyclic) bond motifs is 1. The van der Waals surface area contributed by atoms with Crippen molar-refractivity contribution >= 4 is 16.8 Å². The minimum Gasteiger partial charge on any atom is -0.377 e.